The fraction of sp³-hybridized carbons (Fsp3) is 0.304. The number of aromatic nitrogens is 1. The molecule has 7 heteroatoms. The SMILES string of the molecule is Cc1oc2nc1C(COc1ccc(CN3CSC[C@H]3C(=O)O)cc1)c1ccc-2cc1. The van der Waals surface area contributed by atoms with Crippen molar-refractivity contribution in [2.45, 2.75) is 25.4 Å². The summed E-state index contributed by atoms with van der Waals surface area (Å²) >= 11 is 1.66. The van der Waals surface area contributed by atoms with E-state index >= 15 is 0 Å². The predicted molar refractivity (Wildman–Crippen MR) is 115 cm³/mol. The molecule has 1 fully saturated rings. The summed E-state index contributed by atoms with van der Waals surface area (Å²) in [6.45, 7) is 3.04. The van der Waals surface area contributed by atoms with Crippen molar-refractivity contribution >= 4 is 17.7 Å². The molecule has 1 aromatic heterocycles. The molecule has 1 saturated heterocycles. The lowest BCUT2D eigenvalue weighted by Gasteiger charge is -2.20. The first kappa shape index (κ1) is 19.2. The van der Waals surface area contributed by atoms with Crippen molar-refractivity contribution in [1.82, 2.24) is 9.88 Å². The third-order valence-electron chi connectivity index (χ3n) is 5.71. The van der Waals surface area contributed by atoms with E-state index in [4.69, 9.17) is 9.15 Å². The maximum atomic E-state index is 11.4. The molecule has 0 saturated carbocycles. The number of oxazole rings is 1. The fourth-order valence-electron chi connectivity index (χ4n) is 4.01. The Kier molecular flexibility index (Phi) is 5.00. The molecule has 6 nitrogen and oxygen atoms in total. The molecule has 0 radical (unpaired) electrons. The van der Waals surface area contributed by atoms with E-state index in [1.54, 1.807) is 11.8 Å². The molecule has 3 aromatic rings. The lowest BCUT2D eigenvalue weighted by atomic mass is 9.94. The van der Waals surface area contributed by atoms with Crippen LogP contribution in [0, 0.1) is 6.92 Å². The molecule has 3 aliphatic rings. The number of rotatable bonds is 6. The average Bonchev–Trinajstić information content (AvgIpc) is 3.37. The van der Waals surface area contributed by atoms with E-state index in [9.17, 15) is 9.90 Å². The lowest BCUT2D eigenvalue weighted by molar-refractivity contribution is -0.141. The highest BCUT2D eigenvalue weighted by molar-refractivity contribution is 7.99. The van der Waals surface area contributed by atoms with Gasteiger partial charge in [-0.05, 0) is 42.3 Å². The lowest BCUT2D eigenvalue weighted by Crippen LogP contribution is -2.37. The summed E-state index contributed by atoms with van der Waals surface area (Å²) in [5.74, 6) is 2.91. The number of carboxylic acid groups (broad SMARTS) is 1. The minimum absolute atomic E-state index is 0.00877. The van der Waals surface area contributed by atoms with Gasteiger partial charge in [0.1, 0.15) is 24.2 Å². The Balaban J connectivity index is 1.27. The van der Waals surface area contributed by atoms with Crippen molar-refractivity contribution in [2.24, 2.45) is 0 Å². The summed E-state index contributed by atoms with van der Waals surface area (Å²) in [5.41, 5.74) is 4.15. The second-order valence-corrected chi connectivity index (χ2v) is 8.69. The monoisotopic (exact) mass is 422 g/mol. The predicted octanol–water partition coefficient (Wildman–Crippen LogP) is 4.13. The first-order valence-corrected chi connectivity index (χ1v) is 11.1. The number of aliphatic carboxylic acids is 1. The van der Waals surface area contributed by atoms with Gasteiger partial charge < -0.3 is 14.3 Å². The maximum absolute atomic E-state index is 11.4. The Hall–Kier alpha value is -2.77. The van der Waals surface area contributed by atoms with Crippen LogP contribution < -0.4 is 4.74 Å². The van der Waals surface area contributed by atoms with E-state index in [2.05, 4.69) is 17.1 Å². The summed E-state index contributed by atoms with van der Waals surface area (Å²) in [4.78, 5) is 18.0. The highest BCUT2D eigenvalue weighted by Crippen LogP contribution is 2.35. The van der Waals surface area contributed by atoms with Crippen LogP contribution in [-0.2, 0) is 11.3 Å². The van der Waals surface area contributed by atoms with Crippen LogP contribution in [0.1, 0.15) is 28.5 Å². The Bertz CT molecular complexity index is 1060. The second kappa shape index (κ2) is 7.81. The maximum Gasteiger partial charge on any atom is 0.321 e. The van der Waals surface area contributed by atoms with Crippen LogP contribution in [0.3, 0.4) is 0 Å². The molecule has 0 aliphatic carbocycles. The zero-order valence-electron chi connectivity index (χ0n) is 16.6. The molecule has 3 aliphatic heterocycles. The summed E-state index contributed by atoms with van der Waals surface area (Å²) < 4.78 is 11.9. The van der Waals surface area contributed by atoms with E-state index in [0.717, 1.165) is 39.8 Å². The topological polar surface area (TPSA) is 75.8 Å². The molecule has 0 amide bonds. The van der Waals surface area contributed by atoms with Crippen molar-refractivity contribution in [3.05, 3.63) is 71.1 Å². The number of hydrogen-bond donors (Lipinski definition) is 1. The minimum Gasteiger partial charge on any atom is -0.493 e. The molecule has 2 aromatic carbocycles. The number of nitrogens with zero attached hydrogens (tertiary/aromatic N) is 2. The highest BCUT2D eigenvalue weighted by atomic mass is 32.2. The first-order chi connectivity index (χ1) is 14.6. The zero-order chi connectivity index (χ0) is 20.7. The third kappa shape index (κ3) is 3.59. The average molecular weight is 423 g/mol. The zero-order valence-corrected chi connectivity index (χ0v) is 17.4. The van der Waals surface area contributed by atoms with Crippen LogP contribution in [0.5, 0.6) is 5.75 Å². The summed E-state index contributed by atoms with van der Waals surface area (Å²) in [5, 5.41) is 9.34. The standard InChI is InChI=1S/C23H22N2O4S/c1-14-21-19(16-4-6-17(7-5-16)22(24-21)29-14)11-28-18-8-2-15(3-9-18)10-25-13-30-12-20(25)23(26)27/h2-9,19-20H,10-13H2,1H3,(H,26,27)/t19?,20-/m0/s1. The van der Waals surface area contributed by atoms with Gasteiger partial charge >= 0.3 is 5.97 Å². The van der Waals surface area contributed by atoms with Gasteiger partial charge in [0.25, 0.3) is 0 Å². The molecule has 154 valence electrons. The molecule has 1 N–H and O–H groups in total. The van der Waals surface area contributed by atoms with Gasteiger partial charge in [-0.2, -0.15) is 0 Å². The van der Waals surface area contributed by atoms with Crippen LogP contribution in [0.15, 0.2) is 52.9 Å². The van der Waals surface area contributed by atoms with Crippen LogP contribution in [0.4, 0.5) is 0 Å². The largest absolute Gasteiger partial charge is 0.493 e. The van der Waals surface area contributed by atoms with Gasteiger partial charge in [0, 0.05) is 23.7 Å². The van der Waals surface area contributed by atoms with Gasteiger partial charge in [0.05, 0.1) is 11.6 Å². The first-order valence-electron chi connectivity index (χ1n) is 9.92. The number of carboxylic acids is 1. The van der Waals surface area contributed by atoms with Crippen molar-refractivity contribution in [3.8, 4) is 17.2 Å². The summed E-state index contributed by atoms with van der Waals surface area (Å²) in [6.07, 6.45) is 0. The van der Waals surface area contributed by atoms with E-state index in [1.165, 1.54) is 0 Å². The smallest absolute Gasteiger partial charge is 0.321 e. The quantitative estimate of drug-likeness (QED) is 0.640. The number of thioether (sulfide) groups is 1. The molecule has 30 heavy (non-hydrogen) atoms. The summed E-state index contributed by atoms with van der Waals surface area (Å²) in [6, 6.07) is 15.8. The Morgan fingerprint density at radius 2 is 2.00 bits per heavy atom. The number of ether oxygens (including phenoxy) is 1. The van der Waals surface area contributed by atoms with Crippen molar-refractivity contribution in [1.29, 1.82) is 0 Å². The molecular weight excluding hydrogens is 400 g/mol. The summed E-state index contributed by atoms with van der Waals surface area (Å²) in [7, 11) is 0. The third-order valence-corrected chi connectivity index (χ3v) is 6.77. The van der Waals surface area contributed by atoms with Crippen LogP contribution in [-0.4, -0.2) is 45.2 Å². The second-order valence-electron chi connectivity index (χ2n) is 7.69. The van der Waals surface area contributed by atoms with Gasteiger partial charge in [-0.3, -0.25) is 9.69 Å². The molecule has 0 spiro atoms. The van der Waals surface area contributed by atoms with E-state index < -0.39 is 12.0 Å². The number of hydrogen-bond acceptors (Lipinski definition) is 6. The molecule has 1 unspecified atom stereocenters. The van der Waals surface area contributed by atoms with Gasteiger partial charge in [0.2, 0.25) is 5.89 Å². The van der Waals surface area contributed by atoms with Crippen molar-refractivity contribution in [3.63, 3.8) is 0 Å². The van der Waals surface area contributed by atoms with Crippen LogP contribution >= 0.6 is 11.8 Å². The Morgan fingerprint density at radius 1 is 1.23 bits per heavy atom. The molecular formula is C23H22N2O4S. The van der Waals surface area contributed by atoms with Crippen LogP contribution in [0.2, 0.25) is 0 Å². The Labute approximate surface area is 178 Å². The van der Waals surface area contributed by atoms with Gasteiger partial charge in [-0.15, -0.1) is 11.8 Å². The fourth-order valence-corrected chi connectivity index (χ4v) is 5.20. The Morgan fingerprint density at radius 3 is 2.73 bits per heavy atom. The number of carbonyl (C=O) groups is 1. The normalized spacial score (nSPS) is 20.2. The number of aryl methyl sites for hydroxylation is 1. The minimum atomic E-state index is -0.751. The number of benzene rings is 2. The molecule has 4 bridgehead atoms. The van der Waals surface area contributed by atoms with E-state index in [0.29, 0.717) is 24.8 Å². The molecule has 6 rings (SSSR count). The number of fused-ring (bicyclic) bond motifs is 2. The van der Waals surface area contributed by atoms with Gasteiger partial charge in [0.15, 0.2) is 0 Å². The van der Waals surface area contributed by atoms with Crippen LogP contribution in [0.25, 0.3) is 11.5 Å². The molecule has 4 heterocycles. The van der Waals surface area contributed by atoms with Crippen molar-refractivity contribution in [2.75, 3.05) is 18.2 Å². The molecule has 2 atom stereocenters. The van der Waals surface area contributed by atoms with Gasteiger partial charge in [-0.1, -0.05) is 24.3 Å². The highest BCUT2D eigenvalue weighted by Gasteiger charge is 2.31. The van der Waals surface area contributed by atoms with Crippen molar-refractivity contribution < 1.29 is 19.1 Å². The van der Waals surface area contributed by atoms with Gasteiger partial charge in [-0.25, -0.2) is 4.98 Å². The van der Waals surface area contributed by atoms with E-state index in [-0.39, 0.29) is 5.92 Å². The van der Waals surface area contributed by atoms with E-state index in [1.807, 2.05) is 48.2 Å².